The maximum Gasteiger partial charge on any atom is 0.310 e. The van der Waals surface area contributed by atoms with Crippen molar-refractivity contribution in [2.75, 3.05) is 6.54 Å². The third-order valence-corrected chi connectivity index (χ3v) is 4.08. The molecule has 9 heteroatoms. The van der Waals surface area contributed by atoms with Crippen LogP contribution in [0.3, 0.4) is 0 Å². The van der Waals surface area contributed by atoms with Gasteiger partial charge in [-0.05, 0) is 37.6 Å². The lowest BCUT2D eigenvalue weighted by molar-refractivity contribution is -0.386. The van der Waals surface area contributed by atoms with Crippen molar-refractivity contribution in [2.24, 2.45) is 0 Å². The zero-order valence-electron chi connectivity index (χ0n) is 15.3. The highest BCUT2D eigenvalue weighted by Crippen LogP contribution is 2.26. The van der Waals surface area contributed by atoms with Gasteiger partial charge in [0.25, 0.3) is 5.91 Å². The first kappa shape index (κ1) is 19.2. The van der Waals surface area contributed by atoms with Crippen LogP contribution >= 0.6 is 0 Å². The Morgan fingerprint density at radius 3 is 2.86 bits per heavy atom. The number of aromatic nitrogens is 2. The van der Waals surface area contributed by atoms with Gasteiger partial charge in [-0.15, -0.1) is 0 Å². The van der Waals surface area contributed by atoms with E-state index < -0.39 is 4.92 Å². The Morgan fingerprint density at radius 1 is 1.29 bits per heavy atom. The van der Waals surface area contributed by atoms with Gasteiger partial charge in [0.15, 0.2) is 11.5 Å². The van der Waals surface area contributed by atoms with Crippen LogP contribution in [-0.2, 0) is 13.2 Å². The molecule has 9 nitrogen and oxygen atoms in total. The van der Waals surface area contributed by atoms with Crippen LogP contribution in [0.4, 0.5) is 5.69 Å². The molecule has 0 aliphatic rings. The topological polar surface area (TPSA) is 112 Å². The van der Waals surface area contributed by atoms with Crippen molar-refractivity contribution in [1.29, 1.82) is 0 Å². The summed E-state index contributed by atoms with van der Waals surface area (Å²) in [4.78, 5) is 22.6. The van der Waals surface area contributed by atoms with Crippen molar-refractivity contribution < 1.29 is 18.9 Å². The molecule has 28 heavy (non-hydrogen) atoms. The minimum absolute atomic E-state index is 0.0172. The Morgan fingerprint density at radius 2 is 2.11 bits per heavy atom. The Kier molecular flexibility index (Phi) is 6.05. The van der Waals surface area contributed by atoms with Gasteiger partial charge in [-0.25, -0.2) is 0 Å². The van der Waals surface area contributed by atoms with E-state index in [4.69, 9.17) is 9.15 Å². The molecule has 146 valence electrons. The maximum atomic E-state index is 12.1. The van der Waals surface area contributed by atoms with Gasteiger partial charge in [0.05, 0.1) is 4.92 Å². The number of nitro groups is 1. The second kappa shape index (κ2) is 8.85. The van der Waals surface area contributed by atoms with Crippen molar-refractivity contribution in [3.8, 4) is 5.75 Å². The highest BCUT2D eigenvalue weighted by atomic mass is 16.6. The molecular weight excluding hydrogens is 364 g/mol. The standard InChI is InChI=1S/C19H20N4O5/c1-14-9-11-21-22(14)12-4-10-20-19(24)18-8-7-15(28-18)13-27-17-6-3-2-5-16(17)23(25)26/h2-3,5-9,11H,4,10,12-13H2,1H3,(H,20,24). The number of aryl methyl sites for hydroxylation is 2. The second-order valence-electron chi connectivity index (χ2n) is 6.08. The highest BCUT2D eigenvalue weighted by Gasteiger charge is 2.15. The van der Waals surface area contributed by atoms with Gasteiger partial charge in [-0.1, -0.05) is 12.1 Å². The fourth-order valence-electron chi connectivity index (χ4n) is 2.61. The van der Waals surface area contributed by atoms with Crippen LogP contribution in [0.15, 0.2) is 53.1 Å². The molecule has 0 atom stereocenters. The summed E-state index contributed by atoms with van der Waals surface area (Å²) in [5.41, 5.74) is 0.945. The number of ether oxygens (including phenoxy) is 1. The molecule has 0 aliphatic carbocycles. The van der Waals surface area contributed by atoms with Crippen molar-refractivity contribution in [3.05, 3.63) is 76.0 Å². The van der Waals surface area contributed by atoms with Gasteiger partial charge in [0.2, 0.25) is 0 Å². The summed E-state index contributed by atoms with van der Waals surface area (Å²) in [6.45, 7) is 3.16. The van der Waals surface area contributed by atoms with Crippen LogP contribution in [0.1, 0.15) is 28.4 Å². The van der Waals surface area contributed by atoms with E-state index in [0.717, 1.165) is 12.1 Å². The molecular formula is C19H20N4O5. The van der Waals surface area contributed by atoms with Crippen LogP contribution in [0.25, 0.3) is 0 Å². The molecule has 0 saturated carbocycles. The van der Waals surface area contributed by atoms with Gasteiger partial charge in [-0.2, -0.15) is 5.10 Å². The lowest BCUT2D eigenvalue weighted by Gasteiger charge is -2.06. The number of para-hydroxylation sites is 2. The number of nitrogens with zero attached hydrogens (tertiary/aromatic N) is 3. The highest BCUT2D eigenvalue weighted by molar-refractivity contribution is 5.91. The maximum absolute atomic E-state index is 12.1. The van der Waals surface area contributed by atoms with E-state index >= 15 is 0 Å². The van der Waals surface area contributed by atoms with Gasteiger partial charge in [0.1, 0.15) is 12.4 Å². The van der Waals surface area contributed by atoms with Gasteiger partial charge in [0, 0.05) is 31.0 Å². The van der Waals surface area contributed by atoms with Crippen molar-refractivity contribution >= 4 is 11.6 Å². The van der Waals surface area contributed by atoms with Crippen molar-refractivity contribution in [3.63, 3.8) is 0 Å². The van der Waals surface area contributed by atoms with Crippen molar-refractivity contribution in [1.82, 2.24) is 15.1 Å². The molecule has 2 heterocycles. The van der Waals surface area contributed by atoms with Gasteiger partial charge >= 0.3 is 5.69 Å². The third kappa shape index (κ3) is 4.76. The molecule has 3 aromatic rings. The number of nitro benzene ring substituents is 1. The predicted octanol–water partition coefficient (Wildman–Crippen LogP) is 3.09. The molecule has 1 aromatic carbocycles. The number of carbonyl (C=O) groups is 1. The average molecular weight is 384 g/mol. The molecule has 0 spiro atoms. The zero-order chi connectivity index (χ0) is 19.9. The quantitative estimate of drug-likeness (QED) is 0.345. The summed E-state index contributed by atoms with van der Waals surface area (Å²) in [6.07, 6.45) is 2.48. The summed E-state index contributed by atoms with van der Waals surface area (Å²) in [7, 11) is 0. The number of benzene rings is 1. The molecule has 0 aliphatic heterocycles. The number of carbonyl (C=O) groups excluding carboxylic acids is 1. The van der Waals surface area contributed by atoms with Gasteiger partial charge < -0.3 is 14.5 Å². The monoisotopic (exact) mass is 384 g/mol. The Bertz CT molecular complexity index is 963. The first-order valence-electron chi connectivity index (χ1n) is 8.76. The van der Waals surface area contributed by atoms with E-state index in [2.05, 4.69) is 10.4 Å². The Hall–Kier alpha value is -3.62. The van der Waals surface area contributed by atoms with E-state index in [1.807, 2.05) is 17.7 Å². The van der Waals surface area contributed by atoms with Crippen LogP contribution in [0.2, 0.25) is 0 Å². The molecule has 0 radical (unpaired) electrons. The number of hydrogen-bond acceptors (Lipinski definition) is 6. The van der Waals surface area contributed by atoms with Crippen LogP contribution < -0.4 is 10.1 Å². The van der Waals surface area contributed by atoms with E-state index in [9.17, 15) is 14.9 Å². The fraction of sp³-hybridized carbons (Fsp3) is 0.263. The number of furan rings is 1. The van der Waals surface area contributed by atoms with E-state index in [1.165, 1.54) is 12.1 Å². The summed E-state index contributed by atoms with van der Waals surface area (Å²) in [5.74, 6) is 0.379. The van der Waals surface area contributed by atoms with Crippen LogP contribution in [-0.4, -0.2) is 27.2 Å². The van der Waals surface area contributed by atoms with Crippen molar-refractivity contribution in [2.45, 2.75) is 26.5 Å². The third-order valence-electron chi connectivity index (χ3n) is 4.08. The normalized spacial score (nSPS) is 10.6. The largest absolute Gasteiger partial charge is 0.479 e. The average Bonchev–Trinajstić information content (AvgIpc) is 3.32. The number of amides is 1. The smallest absolute Gasteiger partial charge is 0.310 e. The molecule has 3 rings (SSSR count). The number of nitrogens with one attached hydrogen (secondary N) is 1. The SMILES string of the molecule is Cc1ccnn1CCCNC(=O)c1ccc(COc2ccccc2[N+](=O)[O-])o1. The van der Waals surface area contributed by atoms with Gasteiger partial charge in [-0.3, -0.25) is 19.6 Å². The summed E-state index contributed by atoms with van der Waals surface area (Å²) >= 11 is 0. The molecule has 0 fully saturated rings. The Labute approximate surface area is 161 Å². The zero-order valence-corrected chi connectivity index (χ0v) is 15.3. The molecule has 0 bridgehead atoms. The van der Waals surface area contributed by atoms with E-state index in [-0.39, 0.29) is 29.7 Å². The summed E-state index contributed by atoms with van der Waals surface area (Å²) in [5, 5.41) is 18.0. The summed E-state index contributed by atoms with van der Waals surface area (Å²) < 4.78 is 12.8. The lowest BCUT2D eigenvalue weighted by atomic mass is 10.3. The molecule has 1 amide bonds. The molecule has 0 unspecified atom stereocenters. The summed E-state index contributed by atoms with van der Waals surface area (Å²) in [6, 6.07) is 11.2. The fourth-order valence-corrected chi connectivity index (χ4v) is 2.61. The first-order valence-corrected chi connectivity index (χ1v) is 8.76. The number of rotatable bonds is 9. The Balaban J connectivity index is 1.47. The molecule has 1 N–H and O–H groups in total. The first-order chi connectivity index (χ1) is 13.5. The minimum Gasteiger partial charge on any atom is -0.479 e. The second-order valence-corrected chi connectivity index (χ2v) is 6.08. The lowest BCUT2D eigenvalue weighted by Crippen LogP contribution is -2.25. The van der Waals surface area contributed by atoms with Crippen LogP contribution in [0.5, 0.6) is 5.75 Å². The molecule has 0 saturated heterocycles. The minimum atomic E-state index is -0.513. The van der Waals surface area contributed by atoms with E-state index in [1.54, 1.807) is 30.5 Å². The number of hydrogen-bond donors (Lipinski definition) is 1. The van der Waals surface area contributed by atoms with Crippen LogP contribution in [0, 0.1) is 17.0 Å². The molecule has 2 aromatic heterocycles. The van der Waals surface area contributed by atoms with E-state index in [0.29, 0.717) is 18.8 Å². The predicted molar refractivity (Wildman–Crippen MR) is 100 cm³/mol.